The predicted molar refractivity (Wildman–Crippen MR) is 98.9 cm³/mol. The molecule has 0 unspecified atom stereocenters. The van der Waals surface area contributed by atoms with Crippen LogP contribution in [0, 0.1) is 40.4 Å². The summed E-state index contributed by atoms with van der Waals surface area (Å²) in [5, 5.41) is 0. The van der Waals surface area contributed by atoms with Gasteiger partial charge < -0.3 is 4.90 Å². The van der Waals surface area contributed by atoms with Crippen LogP contribution < -0.4 is 0 Å². The number of nitrogens with zero attached hydrogens (tertiary/aromatic N) is 1. The number of hydrogen-bond donors (Lipinski definition) is 0. The van der Waals surface area contributed by atoms with Crippen molar-refractivity contribution in [1.82, 2.24) is 4.90 Å². The first-order valence-electron chi connectivity index (χ1n) is 10.5. The van der Waals surface area contributed by atoms with E-state index in [1.54, 1.807) is 0 Å². The molecule has 8 atom stereocenters. The summed E-state index contributed by atoms with van der Waals surface area (Å²) in [5.41, 5.74) is 0.496. The number of likely N-dealkylation sites (tertiary alicyclic amines) is 1. The Labute approximate surface area is 152 Å². The molecule has 25 heavy (non-hydrogen) atoms. The van der Waals surface area contributed by atoms with Crippen LogP contribution in [0.25, 0.3) is 0 Å². The van der Waals surface area contributed by atoms with E-state index in [9.17, 15) is 9.59 Å². The lowest BCUT2D eigenvalue weighted by molar-refractivity contribution is -0.159. The highest BCUT2D eigenvalue weighted by Crippen LogP contribution is 2.67. The molecule has 140 valence electrons. The lowest BCUT2D eigenvalue weighted by atomic mass is 9.46. The lowest BCUT2D eigenvalue weighted by Gasteiger charge is -2.61. The van der Waals surface area contributed by atoms with Crippen molar-refractivity contribution in [2.24, 2.45) is 40.4 Å². The average Bonchev–Trinajstić information content (AvgIpc) is 2.81. The molecule has 0 aromatic carbocycles. The Bertz CT molecular complexity index is 601. The molecule has 0 aromatic heterocycles. The molecule has 0 radical (unpaired) electrons. The highest BCUT2D eigenvalue weighted by Gasteiger charge is 2.63. The van der Waals surface area contributed by atoms with E-state index in [0.717, 1.165) is 31.1 Å². The minimum absolute atomic E-state index is 0.214. The third-order valence-electron chi connectivity index (χ3n) is 9.34. The van der Waals surface area contributed by atoms with Gasteiger partial charge in [0.15, 0.2) is 0 Å². The highest BCUT2D eigenvalue weighted by atomic mass is 16.2. The van der Waals surface area contributed by atoms with Crippen LogP contribution >= 0.6 is 0 Å². The summed E-state index contributed by atoms with van der Waals surface area (Å²) in [6.45, 7) is 9.03. The molecule has 1 amide bonds. The van der Waals surface area contributed by atoms with Crippen LogP contribution in [0.4, 0.5) is 0 Å². The fraction of sp³-hybridized carbons (Fsp3) is 0.909. The van der Waals surface area contributed by atoms with Gasteiger partial charge in [-0.2, -0.15) is 0 Å². The topological polar surface area (TPSA) is 37.4 Å². The van der Waals surface area contributed by atoms with E-state index < -0.39 is 0 Å². The van der Waals surface area contributed by atoms with Gasteiger partial charge in [0.1, 0.15) is 5.78 Å². The third-order valence-corrected chi connectivity index (χ3v) is 9.34. The van der Waals surface area contributed by atoms with Gasteiger partial charge in [-0.3, -0.25) is 9.59 Å². The Balaban J connectivity index is 1.66. The summed E-state index contributed by atoms with van der Waals surface area (Å²) in [6.07, 6.45) is 7.89. The highest BCUT2D eigenvalue weighted by molar-refractivity contribution is 5.80. The molecule has 4 aliphatic rings. The zero-order valence-electron chi connectivity index (χ0n) is 16.7. The first kappa shape index (κ1) is 17.5. The maximum atomic E-state index is 12.4. The molecule has 0 bridgehead atoms. The molecule has 4 rings (SSSR count). The second-order valence-electron chi connectivity index (χ2n) is 10.3. The molecule has 1 aliphatic heterocycles. The minimum atomic E-state index is 0.214. The van der Waals surface area contributed by atoms with Crippen molar-refractivity contribution in [3.8, 4) is 0 Å². The second-order valence-corrected chi connectivity index (χ2v) is 10.3. The Kier molecular flexibility index (Phi) is 3.91. The summed E-state index contributed by atoms with van der Waals surface area (Å²) in [5.74, 6) is 3.75. The zero-order chi connectivity index (χ0) is 18.1. The van der Waals surface area contributed by atoms with Crippen molar-refractivity contribution in [2.75, 3.05) is 7.05 Å². The number of rotatable bonds is 1. The van der Waals surface area contributed by atoms with E-state index in [4.69, 9.17) is 0 Å². The summed E-state index contributed by atoms with van der Waals surface area (Å²) in [6, 6.07) is 0.432. The summed E-state index contributed by atoms with van der Waals surface area (Å²) >= 11 is 0. The summed E-state index contributed by atoms with van der Waals surface area (Å²) in [4.78, 5) is 26.7. The van der Waals surface area contributed by atoms with Gasteiger partial charge >= 0.3 is 0 Å². The maximum Gasteiger partial charge on any atom is 0.222 e. The standard InChI is InChI=1S/C22H35NO2/c1-13-12-17-15-6-7-18-21(3,11-9-19(25)23(18)5)16(15)8-10-22(17,4)20(13)14(2)24/h13,15-18,20H,6-12H2,1-5H3/t13-,15+,16-,17-,18+,20+,21+,22-/m0/s1. The summed E-state index contributed by atoms with van der Waals surface area (Å²) in [7, 11) is 2.03. The quantitative estimate of drug-likeness (QED) is 0.710. The molecule has 3 saturated carbocycles. The fourth-order valence-electron chi connectivity index (χ4n) is 8.38. The van der Waals surface area contributed by atoms with Gasteiger partial charge in [0.05, 0.1) is 0 Å². The monoisotopic (exact) mass is 345 g/mol. The molecule has 1 saturated heterocycles. The predicted octanol–water partition coefficient (Wildman–Crippen LogP) is 4.30. The SMILES string of the molecule is CC(=O)[C@H]1[C@@H](C)C[C@H]2[C@@H]3CC[C@H]4N(C)C(=O)CC[C@]4(C)[C@H]3CC[C@@]21C. The number of hydrogen-bond acceptors (Lipinski definition) is 2. The lowest BCUT2D eigenvalue weighted by Crippen LogP contribution is -2.61. The van der Waals surface area contributed by atoms with Crippen LogP contribution in [0.2, 0.25) is 0 Å². The van der Waals surface area contributed by atoms with Gasteiger partial charge in [-0.05, 0) is 80.0 Å². The smallest absolute Gasteiger partial charge is 0.222 e. The Morgan fingerprint density at radius 1 is 1.08 bits per heavy atom. The van der Waals surface area contributed by atoms with Gasteiger partial charge in [-0.25, -0.2) is 0 Å². The van der Waals surface area contributed by atoms with E-state index in [2.05, 4.69) is 25.7 Å². The number of fused-ring (bicyclic) bond motifs is 5. The molecule has 0 aromatic rings. The number of carbonyl (C=O) groups excluding carboxylic acids is 2. The van der Waals surface area contributed by atoms with Gasteiger partial charge in [0.2, 0.25) is 5.91 Å². The second kappa shape index (κ2) is 5.57. The van der Waals surface area contributed by atoms with E-state index in [0.29, 0.717) is 29.6 Å². The minimum Gasteiger partial charge on any atom is -0.342 e. The van der Waals surface area contributed by atoms with Crippen molar-refractivity contribution in [3.05, 3.63) is 0 Å². The van der Waals surface area contributed by atoms with E-state index in [1.807, 2.05) is 14.0 Å². The summed E-state index contributed by atoms with van der Waals surface area (Å²) < 4.78 is 0. The number of Topliss-reactive ketones (excluding diaryl/α,β-unsaturated/α-hetero) is 1. The largest absolute Gasteiger partial charge is 0.342 e. The van der Waals surface area contributed by atoms with Crippen LogP contribution in [0.15, 0.2) is 0 Å². The van der Waals surface area contributed by atoms with Crippen molar-refractivity contribution >= 4 is 11.7 Å². The van der Waals surface area contributed by atoms with Crippen LogP contribution in [0.1, 0.15) is 72.6 Å². The fourth-order valence-corrected chi connectivity index (χ4v) is 8.38. The Morgan fingerprint density at radius 2 is 1.80 bits per heavy atom. The van der Waals surface area contributed by atoms with Crippen LogP contribution in [0.3, 0.4) is 0 Å². The van der Waals surface area contributed by atoms with E-state index in [-0.39, 0.29) is 16.7 Å². The molecule has 3 heteroatoms. The zero-order valence-corrected chi connectivity index (χ0v) is 16.7. The Hall–Kier alpha value is -0.860. The van der Waals surface area contributed by atoms with Crippen LogP contribution in [0.5, 0.6) is 0 Å². The number of amides is 1. The molecule has 0 spiro atoms. The number of piperidine rings is 1. The molecular weight excluding hydrogens is 310 g/mol. The van der Waals surface area contributed by atoms with E-state index in [1.165, 1.54) is 25.7 Å². The number of carbonyl (C=O) groups is 2. The van der Waals surface area contributed by atoms with Crippen molar-refractivity contribution < 1.29 is 9.59 Å². The van der Waals surface area contributed by atoms with Crippen LogP contribution in [-0.2, 0) is 9.59 Å². The van der Waals surface area contributed by atoms with Gasteiger partial charge in [0, 0.05) is 25.4 Å². The first-order valence-corrected chi connectivity index (χ1v) is 10.5. The van der Waals surface area contributed by atoms with Gasteiger partial charge in [0.25, 0.3) is 0 Å². The molecule has 4 fully saturated rings. The van der Waals surface area contributed by atoms with E-state index >= 15 is 0 Å². The van der Waals surface area contributed by atoms with Crippen molar-refractivity contribution in [3.63, 3.8) is 0 Å². The van der Waals surface area contributed by atoms with Gasteiger partial charge in [-0.1, -0.05) is 20.8 Å². The van der Waals surface area contributed by atoms with Crippen molar-refractivity contribution in [1.29, 1.82) is 0 Å². The molecule has 3 nitrogen and oxygen atoms in total. The van der Waals surface area contributed by atoms with Gasteiger partial charge in [-0.15, -0.1) is 0 Å². The van der Waals surface area contributed by atoms with Crippen molar-refractivity contribution in [2.45, 2.75) is 78.7 Å². The molecular formula is C22H35NO2. The van der Waals surface area contributed by atoms with Crippen LogP contribution in [-0.4, -0.2) is 29.7 Å². The maximum absolute atomic E-state index is 12.4. The molecule has 0 N–H and O–H groups in total. The Morgan fingerprint density at radius 3 is 2.48 bits per heavy atom. The molecule has 1 heterocycles. The number of ketones is 1. The third kappa shape index (κ3) is 2.23. The first-order chi connectivity index (χ1) is 11.7. The normalized spacial score (nSPS) is 52.4. The average molecular weight is 346 g/mol. The molecule has 3 aliphatic carbocycles.